The number of para-hydroxylation sites is 1. The van der Waals surface area contributed by atoms with E-state index in [9.17, 15) is 0 Å². The highest BCUT2D eigenvalue weighted by Gasteiger charge is 2.06. The van der Waals surface area contributed by atoms with Gasteiger partial charge < -0.3 is 4.74 Å². The van der Waals surface area contributed by atoms with Crippen LogP contribution in [0.5, 0.6) is 5.75 Å². The molecule has 2 rings (SSSR count). The second kappa shape index (κ2) is 3.53. The number of aromatic nitrogens is 2. The van der Waals surface area contributed by atoms with E-state index in [1.165, 1.54) is 11.5 Å². The van der Waals surface area contributed by atoms with Crippen molar-refractivity contribution >= 4 is 11.5 Å². The summed E-state index contributed by atoms with van der Waals surface area (Å²) < 4.78 is 8.95. The number of methoxy groups -OCH3 is 1. The molecule has 13 heavy (non-hydrogen) atoms. The molecule has 0 amide bonds. The molecule has 0 spiro atoms. The Morgan fingerprint density at radius 1 is 1.38 bits per heavy atom. The molecule has 2 aromatic rings. The van der Waals surface area contributed by atoms with Crippen molar-refractivity contribution in [3.05, 3.63) is 30.5 Å². The lowest BCUT2D eigenvalue weighted by Crippen LogP contribution is -1.85. The molecule has 0 atom stereocenters. The maximum absolute atomic E-state index is 5.20. The molecule has 4 heteroatoms. The van der Waals surface area contributed by atoms with E-state index in [4.69, 9.17) is 4.74 Å². The summed E-state index contributed by atoms with van der Waals surface area (Å²) in [6.45, 7) is 0. The van der Waals surface area contributed by atoms with Crippen LogP contribution < -0.4 is 4.74 Å². The predicted octanol–water partition coefficient (Wildman–Crippen LogP) is 2.01. The van der Waals surface area contributed by atoms with Gasteiger partial charge in [0.25, 0.3) is 0 Å². The summed E-state index contributed by atoms with van der Waals surface area (Å²) in [6, 6.07) is 7.75. The molecular formula is C9H7N2OS. The molecule has 0 saturated heterocycles. The molecule has 1 aromatic heterocycles. The number of rotatable bonds is 2. The van der Waals surface area contributed by atoms with Crippen molar-refractivity contribution in [3.63, 3.8) is 0 Å². The Balaban J connectivity index is 2.51. The van der Waals surface area contributed by atoms with Crippen molar-refractivity contribution < 1.29 is 4.74 Å². The highest BCUT2D eigenvalue weighted by Crippen LogP contribution is 2.30. The first-order chi connectivity index (χ1) is 6.42. The molecule has 0 fully saturated rings. The van der Waals surface area contributed by atoms with Gasteiger partial charge >= 0.3 is 0 Å². The van der Waals surface area contributed by atoms with Crippen molar-refractivity contribution in [2.45, 2.75) is 0 Å². The summed E-state index contributed by atoms with van der Waals surface area (Å²) in [5, 5.41) is 3.66. The second-order valence-electron chi connectivity index (χ2n) is 2.41. The lowest BCUT2D eigenvalue weighted by atomic mass is 10.2. The van der Waals surface area contributed by atoms with Gasteiger partial charge in [-0.15, -0.1) is 5.10 Å². The Kier molecular flexibility index (Phi) is 2.23. The summed E-state index contributed by atoms with van der Waals surface area (Å²) >= 11 is 1.31. The minimum Gasteiger partial charge on any atom is -0.496 e. The van der Waals surface area contributed by atoms with Gasteiger partial charge in [0, 0.05) is 5.56 Å². The highest BCUT2D eigenvalue weighted by atomic mass is 32.1. The fourth-order valence-electron chi connectivity index (χ4n) is 1.09. The van der Waals surface area contributed by atoms with Gasteiger partial charge in [-0.3, -0.25) is 0 Å². The van der Waals surface area contributed by atoms with Crippen molar-refractivity contribution in [1.29, 1.82) is 0 Å². The zero-order valence-electron chi connectivity index (χ0n) is 7.02. The molecule has 1 heterocycles. The molecule has 0 aliphatic carbocycles. The van der Waals surface area contributed by atoms with Crippen LogP contribution in [0.15, 0.2) is 24.3 Å². The molecule has 0 N–H and O–H groups in total. The Morgan fingerprint density at radius 2 is 2.23 bits per heavy atom. The van der Waals surface area contributed by atoms with Gasteiger partial charge in [0.2, 0.25) is 0 Å². The zero-order valence-corrected chi connectivity index (χ0v) is 7.84. The molecular weight excluding hydrogens is 184 g/mol. The lowest BCUT2D eigenvalue weighted by Gasteiger charge is -2.03. The van der Waals surface area contributed by atoms with Crippen LogP contribution in [0, 0.1) is 6.20 Å². The van der Waals surface area contributed by atoms with Crippen LogP contribution in [0.1, 0.15) is 0 Å². The van der Waals surface area contributed by atoms with E-state index in [0.717, 1.165) is 16.2 Å². The topological polar surface area (TPSA) is 35.0 Å². The average molecular weight is 191 g/mol. The lowest BCUT2D eigenvalue weighted by molar-refractivity contribution is 0.416. The maximum atomic E-state index is 5.20. The summed E-state index contributed by atoms with van der Waals surface area (Å²) in [5.74, 6) is 0.824. The summed E-state index contributed by atoms with van der Waals surface area (Å²) in [4.78, 5) is 0.900. The first kappa shape index (κ1) is 8.19. The smallest absolute Gasteiger partial charge is 0.135 e. The number of ether oxygens (including phenoxy) is 1. The largest absolute Gasteiger partial charge is 0.496 e. The SMILES string of the molecule is COc1ccccc1-c1[c]nns1. The maximum Gasteiger partial charge on any atom is 0.135 e. The van der Waals surface area contributed by atoms with Crippen molar-refractivity contribution in [2.24, 2.45) is 0 Å². The van der Waals surface area contributed by atoms with Gasteiger partial charge in [0.1, 0.15) is 11.9 Å². The molecule has 65 valence electrons. The van der Waals surface area contributed by atoms with Crippen LogP contribution in [0.4, 0.5) is 0 Å². The van der Waals surface area contributed by atoms with Gasteiger partial charge in [-0.2, -0.15) is 0 Å². The van der Waals surface area contributed by atoms with E-state index >= 15 is 0 Å². The van der Waals surface area contributed by atoms with Crippen molar-refractivity contribution in [3.8, 4) is 16.2 Å². The minimum atomic E-state index is 0.824. The molecule has 0 aliphatic rings. The summed E-state index contributed by atoms with van der Waals surface area (Å²) in [6.07, 6.45) is 2.81. The summed E-state index contributed by atoms with van der Waals surface area (Å²) in [5.41, 5.74) is 0.986. The van der Waals surface area contributed by atoms with E-state index in [2.05, 4.69) is 15.8 Å². The zero-order chi connectivity index (χ0) is 9.10. The van der Waals surface area contributed by atoms with Gasteiger partial charge in [-0.1, -0.05) is 16.6 Å². The molecule has 0 bridgehead atoms. The van der Waals surface area contributed by atoms with Crippen LogP contribution in [0.25, 0.3) is 10.4 Å². The first-order valence-corrected chi connectivity index (χ1v) is 4.52. The standard InChI is InChI=1S/C9H7N2OS/c1-12-8-5-3-2-4-7(8)9-6-10-11-13-9/h2-5H,1H3. The van der Waals surface area contributed by atoms with Crippen molar-refractivity contribution in [2.75, 3.05) is 7.11 Å². The quantitative estimate of drug-likeness (QED) is 0.728. The molecule has 1 radical (unpaired) electrons. The fourth-order valence-corrected chi connectivity index (χ4v) is 1.60. The molecule has 0 unspecified atom stereocenters. The number of hydrogen-bond donors (Lipinski definition) is 0. The van der Waals surface area contributed by atoms with Crippen LogP contribution in [0.3, 0.4) is 0 Å². The number of nitrogens with zero attached hydrogens (tertiary/aromatic N) is 2. The van der Waals surface area contributed by atoms with Crippen LogP contribution in [0.2, 0.25) is 0 Å². The molecule has 3 nitrogen and oxygen atoms in total. The number of benzene rings is 1. The third-order valence-electron chi connectivity index (χ3n) is 1.68. The van der Waals surface area contributed by atoms with E-state index in [0.29, 0.717) is 0 Å². The van der Waals surface area contributed by atoms with Crippen LogP contribution in [-0.2, 0) is 0 Å². The Labute approximate surface area is 80.2 Å². The van der Waals surface area contributed by atoms with Crippen molar-refractivity contribution in [1.82, 2.24) is 9.59 Å². The first-order valence-electron chi connectivity index (χ1n) is 3.75. The van der Waals surface area contributed by atoms with E-state index < -0.39 is 0 Å². The third kappa shape index (κ3) is 1.53. The molecule has 1 aromatic carbocycles. The van der Waals surface area contributed by atoms with E-state index in [1.54, 1.807) is 7.11 Å². The monoisotopic (exact) mass is 191 g/mol. The fraction of sp³-hybridized carbons (Fsp3) is 0.111. The Hall–Kier alpha value is -1.42. The Bertz CT molecular complexity index is 386. The highest BCUT2D eigenvalue weighted by molar-refractivity contribution is 7.09. The van der Waals surface area contributed by atoms with Gasteiger partial charge in [-0.25, -0.2) is 0 Å². The minimum absolute atomic E-state index is 0.824. The average Bonchev–Trinajstić information content (AvgIpc) is 2.70. The van der Waals surface area contributed by atoms with Gasteiger partial charge in [-0.05, 0) is 23.7 Å². The van der Waals surface area contributed by atoms with E-state index in [-0.39, 0.29) is 0 Å². The van der Waals surface area contributed by atoms with Gasteiger partial charge in [0.15, 0.2) is 0 Å². The second-order valence-corrected chi connectivity index (χ2v) is 3.17. The van der Waals surface area contributed by atoms with Crippen LogP contribution >= 0.6 is 11.5 Å². The summed E-state index contributed by atoms with van der Waals surface area (Å²) in [7, 11) is 1.65. The number of hydrogen-bond acceptors (Lipinski definition) is 4. The Morgan fingerprint density at radius 3 is 2.92 bits per heavy atom. The van der Waals surface area contributed by atoms with Gasteiger partial charge in [0.05, 0.1) is 12.0 Å². The molecule has 0 aliphatic heterocycles. The predicted molar refractivity (Wildman–Crippen MR) is 50.7 cm³/mol. The third-order valence-corrected chi connectivity index (χ3v) is 2.33. The van der Waals surface area contributed by atoms with Crippen LogP contribution in [-0.4, -0.2) is 16.7 Å². The molecule has 0 saturated carbocycles. The normalized spacial score (nSPS) is 9.92. The van der Waals surface area contributed by atoms with E-state index in [1.807, 2.05) is 24.3 Å².